The molecule has 1 aromatic heterocycles. The van der Waals surface area contributed by atoms with Gasteiger partial charge in [0.15, 0.2) is 5.78 Å². The van der Waals surface area contributed by atoms with Crippen molar-refractivity contribution >= 4 is 21.7 Å². The van der Waals surface area contributed by atoms with Gasteiger partial charge in [0, 0.05) is 0 Å². The number of halogens is 3. The first-order chi connectivity index (χ1) is 11.8. The van der Waals surface area contributed by atoms with E-state index in [1.54, 1.807) is 6.07 Å². The Morgan fingerprint density at radius 3 is 2.60 bits per heavy atom. The third kappa shape index (κ3) is 1.97. The van der Waals surface area contributed by atoms with E-state index in [4.69, 9.17) is 0 Å². The summed E-state index contributed by atoms with van der Waals surface area (Å²) in [5, 5.41) is 8.66. The van der Waals surface area contributed by atoms with Crippen molar-refractivity contribution in [1.29, 1.82) is 0 Å². The van der Waals surface area contributed by atoms with Gasteiger partial charge in [0.2, 0.25) is 0 Å². The second-order valence-electron chi connectivity index (χ2n) is 7.41. The van der Waals surface area contributed by atoms with Crippen LogP contribution < -0.4 is 0 Å². The van der Waals surface area contributed by atoms with E-state index in [-0.39, 0.29) is 33.7 Å². The summed E-state index contributed by atoms with van der Waals surface area (Å²) in [7, 11) is 0. The molecule has 0 radical (unpaired) electrons. The molecule has 3 nitrogen and oxygen atoms in total. The molecule has 0 spiro atoms. The van der Waals surface area contributed by atoms with Crippen molar-refractivity contribution in [3.63, 3.8) is 0 Å². The number of hydrogen-bond donors (Lipinski definition) is 0. The van der Waals surface area contributed by atoms with Crippen LogP contribution in [-0.4, -0.2) is 21.3 Å². The molecule has 2 atom stereocenters. The normalized spacial score (nSPS) is 25.9. The lowest BCUT2D eigenvalue weighted by atomic mass is 9.66. The minimum absolute atomic E-state index is 0.0953. The van der Waals surface area contributed by atoms with Crippen LogP contribution in [0.4, 0.5) is 8.78 Å². The van der Waals surface area contributed by atoms with E-state index in [2.05, 4.69) is 40.0 Å². The fourth-order valence-electron chi connectivity index (χ4n) is 4.92. The molecule has 2 aromatic rings. The molecule has 0 aliphatic heterocycles. The predicted molar refractivity (Wildman–Crippen MR) is 93.6 cm³/mol. The highest BCUT2D eigenvalue weighted by molar-refractivity contribution is 9.09. The van der Waals surface area contributed by atoms with Crippen LogP contribution in [-0.2, 0) is 10.2 Å². The number of benzene rings is 1. The summed E-state index contributed by atoms with van der Waals surface area (Å²) in [6.07, 6.45) is 1.60. The Hall–Kier alpha value is -1.69. The first-order valence-electron chi connectivity index (χ1n) is 8.26. The van der Waals surface area contributed by atoms with Crippen LogP contribution in [0, 0.1) is 17.0 Å². The molecule has 2 bridgehead atoms. The van der Waals surface area contributed by atoms with Crippen LogP contribution in [0.2, 0.25) is 0 Å². The molecule has 1 unspecified atom stereocenters. The lowest BCUT2D eigenvalue weighted by Crippen LogP contribution is -2.44. The van der Waals surface area contributed by atoms with Gasteiger partial charge in [-0.1, -0.05) is 35.8 Å². The molecule has 130 valence electrons. The zero-order chi connectivity index (χ0) is 18.0. The summed E-state index contributed by atoms with van der Waals surface area (Å²) in [5.74, 6) is -1.10. The lowest BCUT2D eigenvalue weighted by Gasteiger charge is -2.35. The number of aromatic nitrogens is 2. The Bertz CT molecular complexity index is 879. The summed E-state index contributed by atoms with van der Waals surface area (Å²) in [6.45, 7) is 4.16. The first kappa shape index (κ1) is 16.8. The maximum Gasteiger partial charge on any atom is 0.156 e. The van der Waals surface area contributed by atoms with E-state index in [9.17, 15) is 13.6 Å². The van der Waals surface area contributed by atoms with Crippen molar-refractivity contribution in [3.05, 3.63) is 47.2 Å². The second-order valence-corrected chi connectivity index (χ2v) is 7.97. The molecule has 1 saturated carbocycles. The molecule has 4 rings (SSSR count). The standard InChI is InChI=1S/C19H17BrF2N2O/c1-18(2)11-6-7-19(18,15(25)9-20)17-10(11)8-14(23-24-17)16-12(21)4-3-5-13(16)22/h3-5,8,11H,6-7,9H2,1-2H3/t11?,19-/m0/s1. The smallest absolute Gasteiger partial charge is 0.156 e. The van der Waals surface area contributed by atoms with Crippen molar-refractivity contribution in [2.24, 2.45) is 5.41 Å². The third-order valence-corrected chi connectivity index (χ3v) is 6.71. The summed E-state index contributed by atoms with van der Waals surface area (Å²) >= 11 is 3.30. The number of hydrogen-bond acceptors (Lipinski definition) is 3. The average Bonchev–Trinajstić information content (AvgIpc) is 2.96. The van der Waals surface area contributed by atoms with Crippen LogP contribution in [0.15, 0.2) is 24.3 Å². The summed E-state index contributed by atoms with van der Waals surface area (Å²) in [5.41, 5.74) is 0.632. The van der Waals surface area contributed by atoms with E-state index in [1.165, 1.54) is 18.2 Å². The van der Waals surface area contributed by atoms with Crippen molar-refractivity contribution in [2.75, 3.05) is 5.33 Å². The van der Waals surface area contributed by atoms with E-state index in [1.807, 2.05) is 0 Å². The topological polar surface area (TPSA) is 42.9 Å². The van der Waals surface area contributed by atoms with E-state index < -0.39 is 17.0 Å². The molecule has 0 N–H and O–H groups in total. The van der Waals surface area contributed by atoms with Gasteiger partial charge < -0.3 is 0 Å². The van der Waals surface area contributed by atoms with Crippen molar-refractivity contribution in [3.8, 4) is 11.3 Å². The molecule has 0 amide bonds. The Kier molecular flexibility index (Phi) is 3.62. The minimum Gasteiger partial charge on any atom is -0.298 e. The third-order valence-electron chi connectivity index (χ3n) is 6.20. The fraction of sp³-hybridized carbons (Fsp3) is 0.421. The largest absolute Gasteiger partial charge is 0.298 e. The van der Waals surface area contributed by atoms with Crippen LogP contribution >= 0.6 is 15.9 Å². The van der Waals surface area contributed by atoms with Gasteiger partial charge in [0.1, 0.15) is 11.6 Å². The molecule has 1 aromatic carbocycles. The second kappa shape index (κ2) is 5.40. The Morgan fingerprint density at radius 2 is 1.96 bits per heavy atom. The zero-order valence-electron chi connectivity index (χ0n) is 13.9. The molecule has 6 heteroatoms. The Balaban J connectivity index is 1.93. The number of Topliss-reactive ketones (excluding diaryl/α,β-unsaturated/α-hetero) is 1. The highest BCUT2D eigenvalue weighted by Crippen LogP contribution is 2.67. The van der Waals surface area contributed by atoms with Crippen LogP contribution in [0.25, 0.3) is 11.3 Å². The lowest BCUT2D eigenvalue weighted by molar-refractivity contribution is -0.125. The van der Waals surface area contributed by atoms with Crippen molar-refractivity contribution in [2.45, 2.75) is 38.0 Å². The molecule has 2 aliphatic rings. The fourth-order valence-corrected chi connectivity index (χ4v) is 5.40. The number of alkyl halides is 1. The van der Waals surface area contributed by atoms with Gasteiger partial charge in [-0.05, 0) is 47.9 Å². The van der Waals surface area contributed by atoms with E-state index in [0.29, 0.717) is 5.69 Å². The molecule has 2 aliphatic carbocycles. The number of nitrogens with zero attached hydrogens (tertiary/aromatic N) is 2. The molecule has 1 fully saturated rings. The maximum absolute atomic E-state index is 14.1. The summed E-state index contributed by atoms with van der Waals surface area (Å²) in [4.78, 5) is 12.8. The molecule has 0 saturated heterocycles. The van der Waals surface area contributed by atoms with Crippen molar-refractivity contribution < 1.29 is 13.6 Å². The van der Waals surface area contributed by atoms with Crippen LogP contribution in [0.5, 0.6) is 0 Å². The molecule has 1 heterocycles. The Labute approximate surface area is 153 Å². The Morgan fingerprint density at radius 1 is 1.28 bits per heavy atom. The van der Waals surface area contributed by atoms with Crippen molar-refractivity contribution in [1.82, 2.24) is 10.2 Å². The number of rotatable bonds is 3. The van der Waals surface area contributed by atoms with Gasteiger partial charge in [-0.15, -0.1) is 5.10 Å². The number of fused-ring (bicyclic) bond motifs is 5. The first-order valence-corrected chi connectivity index (χ1v) is 9.38. The number of ketones is 1. The highest BCUT2D eigenvalue weighted by Gasteiger charge is 2.66. The van der Waals surface area contributed by atoms with Gasteiger partial charge in [-0.3, -0.25) is 4.79 Å². The van der Waals surface area contributed by atoms with E-state index in [0.717, 1.165) is 18.4 Å². The predicted octanol–water partition coefficient (Wildman–Crippen LogP) is 4.54. The monoisotopic (exact) mass is 406 g/mol. The van der Waals surface area contributed by atoms with Gasteiger partial charge in [0.05, 0.1) is 27.7 Å². The minimum atomic E-state index is -0.671. The maximum atomic E-state index is 14.1. The van der Waals surface area contributed by atoms with Crippen LogP contribution in [0.1, 0.15) is 43.9 Å². The number of carbonyl (C=O) groups excluding carboxylic acids is 1. The average molecular weight is 407 g/mol. The SMILES string of the molecule is CC1(C)C2CC[C@]1(C(=O)CBr)c1nnc(-c3c(F)cccc3F)cc12. The molecular weight excluding hydrogens is 390 g/mol. The number of carbonyl (C=O) groups is 1. The zero-order valence-corrected chi connectivity index (χ0v) is 15.5. The highest BCUT2D eigenvalue weighted by atomic mass is 79.9. The van der Waals surface area contributed by atoms with Crippen LogP contribution in [0.3, 0.4) is 0 Å². The molecule has 25 heavy (non-hydrogen) atoms. The quantitative estimate of drug-likeness (QED) is 0.702. The molecular formula is C19H17BrF2N2O. The van der Waals surface area contributed by atoms with E-state index >= 15 is 0 Å². The summed E-state index contributed by atoms with van der Waals surface area (Å²) < 4.78 is 28.2. The van der Waals surface area contributed by atoms with Gasteiger partial charge in [0.25, 0.3) is 0 Å². The summed E-state index contributed by atoms with van der Waals surface area (Å²) in [6, 6.07) is 5.46. The van der Waals surface area contributed by atoms with Gasteiger partial charge >= 0.3 is 0 Å². The van der Waals surface area contributed by atoms with Gasteiger partial charge in [-0.2, -0.15) is 5.10 Å². The van der Waals surface area contributed by atoms with Gasteiger partial charge in [-0.25, -0.2) is 8.78 Å².